The monoisotopic (exact) mass is 261 g/mol. The van der Waals surface area contributed by atoms with Crippen LogP contribution in [0.15, 0.2) is 24.3 Å². The molecule has 0 saturated heterocycles. The van der Waals surface area contributed by atoms with E-state index in [2.05, 4.69) is 13.8 Å². The van der Waals surface area contributed by atoms with Crippen molar-refractivity contribution in [3.8, 4) is 0 Å². The highest BCUT2D eigenvalue weighted by Gasteiger charge is 2.32. The molecule has 2 rings (SSSR count). The van der Waals surface area contributed by atoms with Crippen LogP contribution in [-0.2, 0) is 9.78 Å². The minimum Gasteiger partial charge on any atom is -0.292 e. The molecule has 1 fully saturated rings. The fourth-order valence-electron chi connectivity index (χ4n) is 2.49. The number of aryl methyl sites for hydroxylation is 1. The molecule has 1 aromatic rings. The van der Waals surface area contributed by atoms with Gasteiger partial charge in [0.1, 0.15) is 0 Å². The molecular weight excluding hydrogens is 240 g/mol. The summed E-state index contributed by atoms with van der Waals surface area (Å²) in [6, 6.07) is 7.27. The lowest BCUT2D eigenvalue weighted by atomic mass is 9.81. The van der Waals surface area contributed by atoms with Crippen LogP contribution in [0.25, 0.3) is 0 Å². The lowest BCUT2D eigenvalue weighted by Crippen LogP contribution is -2.26. The molecule has 0 N–H and O–H groups in total. The highest BCUT2D eigenvalue weighted by Crippen LogP contribution is 2.37. The standard InChI is InChI=1S/C16H21O3/c1-11-7-9-14(10-8-11)16(17)19-18-15-12(2)5-4-6-13(15)3/h7-10,12-13H,4-6H2,1-3H3. The molecule has 2 unspecified atom stereocenters. The van der Waals surface area contributed by atoms with E-state index in [-0.39, 0.29) is 0 Å². The van der Waals surface area contributed by atoms with Crippen molar-refractivity contribution < 1.29 is 14.6 Å². The Hall–Kier alpha value is -1.35. The van der Waals surface area contributed by atoms with E-state index in [4.69, 9.17) is 9.78 Å². The first-order valence-corrected chi connectivity index (χ1v) is 6.90. The number of carbonyl (C=O) groups is 1. The molecule has 1 radical (unpaired) electrons. The summed E-state index contributed by atoms with van der Waals surface area (Å²) >= 11 is 0. The first-order valence-electron chi connectivity index (χ1n) is 6.90. The van der Waals surface area contributed by atoms with Crippen molar-refractivity contribution in [2.75, 3.05) is 0 Å². The Labute approximate surface area is 114 Å². The van der Waals surface area contributed by atoms with Gasteiger partial charge in [0.15, 0.2) is 6.10 Å². The fourth-order valence-corrected chi connectivity index (χ4v) is 2.49. The Kier molecular flexibility index (Phi) is 4.59. The molecule has 0 aliphatic heterocycles. The third kappa shape index (κ3) is 3.57. The zero-order valence-corrected chi connectivity index (χ0v) is 11.8. The van der Waals surface area contributed by atoms with E-state index < -0.39 is 5.97 Å². The summed E-state index contributed by atoms with van der Waals surface area (Å²) < 4.78 is 0. The van der Waals surface area contributed by atoms with Gasteiger partial charge in [-0.05, 0) is 43.7 Å². The average Bonchev–Trinajstić information content (AvgIpc) is 2.38. The summed E-state index contributed by atoms with van der Waals surface area (Å²) in [4.78, 5) is 22.1. The molecule has 2 atom stereocenters. The minimum atomic E-state index is -0.433. The van der Waals surface area contributed by atoms with Crippen LogP contribution in [0.1, 0.15) is 49.0 Å². The van der Waals surface area contributed by atoms with Crippen LogP contribution >= 0.6 is 0 Å². The number of rotatable bonds is 3. The maximum absolute atomic E-state index is 11.9. The zero-order valence-electron chi connectivity index (χ0n) is 11.8. The number of benzene rings is 1. The summed E-state index contributed by atoms with van der Waals surface area (Å²) in [7, 11) is 0. The lowest BCUT2D eigenvalue weighted by molar-refractivity contribution is -0.253. The summed E-state index contributed by atoms with van der Waals surface area (Å²) in [5.41, 5.74) is 1.63. The van der Waals surface area contributed by atoms with Crippen molar-refractivity contribution in [1.82, 2.24) is 0 Å². The molecule has 1 aliphatic carbocycles. The van der Waals surface area contributed by atoms with Crippen molar-refractivity contribution in [3.63, 3.8) is 0 Å². The van der Waals surface area contributed by atoms with Gasteiger partial charge in [-0.3, -0.25) is 4.89 Å². The Morgan fingerprint density at radius 3 is 2.26 bits per heavy atom. The van der Waals surface area contributed by atoms with E-state index in [0.29, 0.717) is 17.4 Å². The fraction of sp³-hybridized carbons (Fsp3) is 0.500. The third-order valence-corrected chi connectivity index (χ3v) is 3.75. The van der Waals surface area contributed by atoms with Crippen molar-refractivity contribution >= 4 is 5.97 Å². The van der Waals surface area contributed by atoms with Crippen LogP contribution in [0, 0.1) is 24.9 Å². The van der Waals surface area contributed by atoms with Crippen molar-refractivity contribution in [3.05, 3.63) is 41.5 Å². The molecule has 0 spiro atoms. The van der Waals surface area contributed by atoms with Crippen LogP contribution in [0.5, 0.6) is 0 Å². The largest absolute Gasteiger partial charge is 0.373 e. The van der Waals surface area contributed by atoms with Gasteiger partial charge in [-0.1, -0.05) is 38.0 Å². The molecule has 0 bridgehead atoms. The van der Waals surface area contributed by atoms with Crippen molar-refractivity contribution in [2.45, 2.75) is 40.0 Å². The molecule has 3 nitrogen and oxygen atoms in total. The minimum absolute atomic E-state index is 0.356. The topological polar surface area (TPSA) is 35.5 Å². The average molecular weight is 261 g/mol. The Bertz CT molecular complexity index is 414. The summed E-state index contributed by atoms with van der Waals surface area (Å²) in [5.74, 6) is 0.279. The Balaban J connectivity index is 1.90. The summed E-state index contributed by atoms with van der Waals surface area (Å²) in [6.45, 7) is 6.21. The SMILES string of the molecule is Cc1ccc(C(=O)OO[C]2C(C)CCCC2C)cc1. The third-order valence-electron chi connectivity index (χ3n) is 3.75. The molecule has 3 heteroatoms. The van der Waals surface area contributed by atoms with Crippen LogP contribution in [0.4, 0.5) is 0 Å². The Morgan fingerprint density at radius 2 is 1.68 bits per heavy atom. The molecule has 0 aromatic heterocycles. The lowest BCUT2D eigenvalue weighted by Gasteiger charge is -2.31. The van der Waals surface area contributed by atoms with Crippen LogP contribution in [-0.4, -0.2) is 5.97 Å². The highest BCUT2D eigenvalue weighted by atomic mass is 17.2. The second kappa shape index (κ2) is 6.20. The molecule has 103 valence electrons. The van der Waals surface area contributed by atoms with E-state index in [1.807, 2.05) is 19.1 Å². The molecule has 0 heterocycles. The van der Waals surface area contributed by atoms with Gasteiger partial charge in [-0.15, -0.1) is 0 Å². The maximum Gasteiger partial charge on any atom is 0.373 e. The predicted octanol–water partition coefficient (Wildman–Crippen LogP) is 4.07. The van der Waals surface area contributed by atoms with Gasteiger partial charge in [-0.25, -0.2) is 4.79 Å². The van der Waals surface area contributed by atoms with Crippen molar-refractivity contribution in [1.29, 1.82) is 0 Å². The smallest absolute Gasteiger partial charge is 0.292 e. The van der Waals surface area contributed by atoms with Crippen LogP contribution in [0.2, 0.25) is 0 Å². The number of hydrogen-bond acceptors (Lipinski definition) is 3. The van der Waals surface area contributed by atoms with Gasteiger partial charge < -0.3 is 0 Å². The quantitative estimate of drug-likeness (QED) is 0.607. The second-order valence-electron chi connectivity index (χ2n) is 5.46. The number of hydrogen-bond donors (Lipinski definition) is 0. The zero-order chi connectivity index (χ0) is 13.8. The van der Waals surface area contributed by atoms with Crippen LogP contribution < -0.4 is 0 Å². The van der Waals surface area contributed by atoms with Gasteiger partial charge >= 0.3 is 5.97 Å². The van der Waals surface area contributed by atoms with Crippen molar-refractivity contribution in [2.24, 2.45) is 11.8 Å². The molecule has 1 aliphatic rings. The van der Waals surface area contributed by atoms with Gasteiger partial charge in [-0.2, -0.15) is 4.89 Å². The molecule has 0 amide bonds. The van der Waals surface area contributed by atoms with E-state index in [1.54, 1.807) is 12.1 Å². The van der Waals surface area contributed by atoms with E-state index in [1.165, 1.54) is 6.42 Å². The predicted molar refractivity (Wildman–Crippen MR) is 73.1 cm³/mol. The molecule has 1 saturated carbocycles. The van der Waals surface area contributed by atoms with Crippen LogP contribution in [0.3, 0.4) is 0 Å². The van der Waals surface area contributed by atoms with E-state index in [0.717, 1.165) is 24.5 Å². The second-order valence-corrected chi connectivity index (χ2v) is 5.46. The molecule has 1 aromatic carbocycles. The van der Waals surface area contributed by atoms with E-state index >= 15 is 0 Å². The van der Waals surface area contributed by atoms with Gasteiger partial charge in [0, 0.05) is 0 Å². The van der Waals surface area contributed by atoms with E-state index in [9.17, 15) is 4.79 Å². The Morgan fingerprint density at radius 1 is 1.11 bits per heavy atom. The summed E-state index contributed by atoms with van der Waals surface area (Å²) in [6.07, 6.45) is 4.30. The maximum atomic E-state index is 11.9. The molecular formula is C16H21O3. The summed E-state index contributed by atoms with van der Waals surface area (Å²) in [5, 5.41) is 0. The first-order chi connectivity index (χ1) is 9.08. The normalized spacial score (nSPS) is 24.2. The molecule has 19 heavy (non-hydrogen) atoms. The van der Waals surface area contributed by atoms with Gasteiger partial charge in [0.2, 0.25) is 0 Å². The first kappa shape index (κ1) is 14.1. The van der Waals surface area contributed by atoms with Gasteiger partial charge in [0.05, 0.1) is 5.56 Å². The number of carbonyl (C=O) groups excluding carboxylic acids is 1. The highest BCUT2D eigenvalue weighted by molar-refractivity contribution is 5.88. The van der Waals surface area contributed by atoms with Gasteiger partial charge in [0.25, 0.3) is 0 Å².